The lowest BCUT2D eigenvalue weighted by molar-refractivity contribution is 0.138. The van der Waals surface area contributed by atoms with Crippen LogP contribution in [0.25, 0.3) is 0 Å². The minimum Gasteiger partial charge on any atom is -0.308 e. The van der Waals surface area contributed by atoms with Crippen LogP contribution in [-0.2, 0) is 6.54 Å². The normalized spacial score (nSPS) is 19.6. The highest BCUT2D eigenvalue weighted by Crippen LogP contribution is 2.47. The fourth-order valence-corrected chi connectivity index (χ4v) is 3.91. The number of aryl methyl sites for hydroxylation is 1. The Morgan fingerprint density at radius 1 is 1.29 bits per heavy atom. The minimum atomic E-state index is 0.294. The zero-order valence-corrected chi connectivity index (χ0v) is 14.5. The van der Waals surface area contributed by atoms with Crippen LogP contribution in [0.2, 0.25) is 5.02 Å². The molecular formula is C17H30ClN3. The van der Waals surface area contributed by atoms with E-state index in [1.165, 1.54) is 37.8 Å². The number of nitrogens with one attached hydrogen (secondary N) is 1. The quantitative estimate of drug-likeness (QED) is 0.771. The van der Waals surface area contributed by atoms with Gasteiger partial charge >= 0.3 is 0 Å². The smallest absolute Gasteiger partial charge is 0.0834 e. The molecule has 0 amide bonds. The Balaban J connectivity index is 2.32. The zero-order valence-electron chi connectivity index (χ0n) is 13.8. The molecule has 1 fully saturated rings. The van der Waals surface area contributed by atoms with Crippen LogP contribution in [0.4, 0.5) is 0 Å². The summed E-state index contributed by atoms with van der Waals surface area (Å²) in [5.41, 5.74) is 1.50. The van der Waals surface area contributed by atoms with Gasteiger partial charge in [0.1, 0.15) is 0 Å². The van der Waals surface area contributed by atoms with Gasteiger partial charge in [-0.2, -0.15) is 5.10 Å². The number of hydrogen-bond donors (Lipinski definition) is 1. The molecule has 0 saturated heterocycles. The summed E-state index contributed by atoms with van der Waals surface area (Å²) in [5.74, 6) is 0. The van der Waals surface area contributed by atoms with E-state index in [9.17, 15) is 0 Å². The Labute approximate surface area is 134 Å². The van der Waals surface area contributed by atoms with E-state index in [1.54, 1.807) is 0 Å². The Hall–Kier alpha value is -0.540. The molecule has 1 aromatic rings. The molecule has 120 valence electrons. The number of rotatable bonds is 7. The van der Waals surface area contributed by atoms with Crippen molar-refractivity contribution in [3.8, 4) is 0 Å². The molecule has 0 aliphatic heterocycles. The summed E-state index contributed by atoms with van der Waals surface area (Å²) in [5, 5.41) is 9.10. The van der Waals surface area contributed by atoms with Crippen molar-refractivity contribution in [1.29, 1.82) is 0 Å². The van der Waals surface area contributed by atoms with Gasteiger partial charge < -0.3 is 5.32 Å². The highest BCUT2D eigenvalue weighted by molar-refractivity contribution is 6.31. The van der Waals surface area contributed by atoms with Crippen molar-refractivity contribution in [3.05, 3.63) is 16.9 Å². The van der Waals surface area contributed by atoms with Crippen LogP contribution in [0.1, 0.15) is 77.5 Å². The summed E-state index contributed by atoms with van der Waals surface area (Å²) in [7, 11) is 0. The third-order valence-corrected chi connectivity index (χ3v) is 5.12. The number of hydrogen-bond acceptors (Lipinski definition) is 2. The number of aromatic nitrogens is 2. The lowest BCUT2D eigenvalue weighted by Crippen LogP contribution is -2.39. The van der Waals surface area contributed by atoms with Crippen LogP contribution >= 0.6 is 11.6 Å². The molecule has 1 N–H and O–H groups in total. The first-order valence-corrected chi connectivity index (χ1v) is 8.94. The standard InChI is InChI=1S/C17H30ClN3/c1-4-11-19-16(17(3)9-7-6-8-10-17)15-14(18)13-20-21(15)12-5-2/h13,16,19H,4-12H2,1-3H3. The first-order valence-electron chi connectivity index (χ1n) is 8.57. The molecule has 21 heavy (non-hydrogen) atoms. The van der Waals surface area contributed by atoms with Gasteiger partial charge in [0.25, 0.3) is 0 Å². The molecule has 0 bridgehead atoms. The van der Waals surface area contributed by atoms with Crippen LogP contribution < -0.4 is 5.32 Å². The van der Waals surface area contributed by atoms with Crippen molar-refractivity contribution < 1.29 is 0 Å². The summed E-state index contributed by atoms with van der Waals surface area (Å²) >= 11 is 6.51. The predicted octanol–water partition coefficient (Wildman–Crippen LogP) is 4.96. The largest absolute Gasteiger partial charge is 0.308 e. The second kappa shape index (κ2) is 7.64. The van der Waals surface area contributed by atoms with Gasteiger partial charge in [0, 0.05) is 6.54 Å². The molecule has 0 radical (unpaired) electrons. The lowest BCUT2D eigenvalue weighted by atomic mass is 9.69. The molecule has 3 nitrogen and oxygen atoms in total. The molecule has 1 atom stereocenters. The van der Waals surface area contributed by atoms with Gasteiger partial charge in [0.15, 0.2) is 0 Å². The van der Waals surface area contributed by atoms with Crippen LogP contribution in [0.3, 0.4) is 0 Å². The molecule has 1 aliphatic rings. The first kappa shape index (κ1) is 16.8. The number of halogens is 1. The van der Waals surface area contributed by atoms with Gasteiger partial charge in [-0.1, -0.05) is 51.6 Å². The van der Waals surface area contributed by atoms with Crippen molar-refractivity contribution in [1.82, 2.24) is 15.1 Å². The van der Waals surface area contributed by atoms with E-state index in [0.717, 1.165) is 31.0 Å². The molecule has 4 heteroatoms. The summed E-state index contributed by atoms with van der Waals surface area (Å²) in [6.07, 6.45) is 10.6. The molecule has 0 spiro atoms. The Morgan fingerprint density at radius 3 is 2.62 bits per heavy atom. The highest BCUT2D eigenvalue weighted by atomic mass is 35.5. The van der Waals surface area contributed by atoms with Crippen molar-refractivity contribution in [3.63, 3.8) is 0 Å². The summed E-state index contributed by atoms with van der Waals surface area (Å²) in [4.78, 5) is 0. The second-order valence-electron chi connectivity index (χ2n) is 6.70. The lowest BCUT2D eigenvalue weighted by Gasteiger charge is -2.41. The molecule has 2 rings (SSSR count). The molecular weight excluding hydrogens is 282 g/mol. The summed E-state index contributed by atoms with van der Waals surface area (Å²) in [6, 6.07) is 0.319. The van der Waals surface area contributed by atoms with Crippen LogP contribution in [-0.4, -0.2) is 16.3 Å². The average Bonchev–Trinajstić information content (AvgIpc) is 2.82. The van der Waals surface area contributed by atoms with E-state index in [-0.39, 0.29) is 0 Å². The third kappa shape index (κ3) is 3.81. The minimum absolute atomic E-state index is 0.294. The third-order valence-electron chi connectivity index (χ3n) is 4.83. The topological polar surface area (TPSA) is 29.9 Å². The molecule has 1 saturated carbocycles. The predicted molar refractivity (Wildman–Crippen MR) is 89.8 cm³/mol. The van der Waals surface area contributed by atoms with Gasteiger partial charge in [0.2, 0.25) is 0 Å². The van der Waals surface area contributed by atoms with Gasteiger partial charge in [-0.3, -0.25) is 4.68 Å². The van der Waals surface area contributed by atoms with Crippen molar-refractivity contribution in [2.24, 2.45) is 5.41 Å². The van der Waals surface area contributed by atoms with Crippen LogP contribution in [0, 0.1) is 5.41 Å². The second-order valence-corrected chi connectivity index (χ2v) is 7.11. The molecule has 1 aliphatic carbocycles. The van der Waals surface area contributed by atoms with E-state index in [4.69, 9.17) is 11.6 Å². The van der Waals surface area contributed by atoms with Gasteiger partial charge in [-0.15, -0.1) is 0 Å². The van der Waals surface area contributed by atoms with E-state index >= 15 is 0 Å². The van der Waals surface area contributed by atoms with Gasteiger partial charge in [-0.05, 0) is 37.6 Å². The number of nitrogens with zero attached hydrogens (tertiary/aromatic N) is 2. The van der Waals surface area contributed by atoms with E-state index in [1.807, 2.05) is 6.20 Å². The van der Waals surface area contributed by atoms with E-state index in [2.05, 4.69) is 35.9 Å². The first-order chi connectivity index (χ1) is 10.1. The average molecular weight is 312 g/mol. The van der Waals surface area contributed by atoms with Crippen molar-refractivity contribution in [2.45, 2.75) is 78.3 Å². The fraction of sp³-hybridized carbons (Fsp3) is 0.824. The Kier molecular flexibility index (Phi) is 6.12. The SMILES string of the molecule is CCCNC(c1c(Cl)cnn1CCC)C1(C)CCCCC1. The summed E-state index contributed by atoms with van der Waals surface area (Å²) < 4.78 is 2.12. The highest BCUT2D eigenvalue weighted by Gasteiger charge is 2.38. The maximum atomic E-state index is 6.51. The molecule has 1 unspecified atom stereocenters. The maximum absolute atomic E-state index is 6.51. The van der Waals surface area contributed by atoms with Crippen molar-refractivity contribution in [2.75, 3.05) is 6.54 Å². The Morgan fingerprint density at radius 2 is 2.00 bits per heavy atom. The molecule has 0 aromatic carbocycles. The van der Waals surface area contributed by atoms with Crippen LogP contribution in [0.15, 0.2) is 6.20 Å². The van der Waals surface area contributed by atoms with Gasteiger partial charge in [0.05, 0.1) is 23.0 Å². The van der Waals surface area contributed by atoms with E-state index < -0.39 is 0 Å². The fourth-order valence-electron chi connectivity index (χ4n) is 3.66. The summed E-state index contributed by atoms with van der Waals surface area (Å²) in [6.45, 7) is 8.82. The monoisotopic (exact) mass is 311 g/mol. The zero-order chi connectivity index (χ0) is 15.3. The van der Waals surface area contributed by atoms with Crippen molar-refractivity contribution >= 4 is 11.6 Å². The van der Waals surface area contributed by atoms with Crippen LogP contribution in [0.5, 0.6) is 0 Å². The maximum Gasteiger partial charge on any atom is 0.0834 e. The van der Waals surface area contributed by atoms with Gasteiger partial charge in [-0.25, -0.2) is 0 Å². The van der Waals surface area contributed by atoms with E-state index in [0.29, 0.717) is 11.5 Å². The molecule has 1 heterocycles. The Bertz CT molecular complexity index is 435. The molecule has 1 aromatic heterocycles.